The molecule has 0 amide bonds. The molecule has 0 saturated carbocycles. The Morgan fingerprint density at radius 2 is 1.90 bits per heavy atom. The van der Waals surface area contributed by atoms with Gasteiger partial charge in [-0.2, -0.15) is 0 Å². The van der Waals surface area contributed by atoms with Gasteiger partial charge in [-0.25, -0.2) is 0 Å². The predicted molar refractivity (Wildman–Crippen MR) is 89.3 cm³/mol. The molecule has 21 heavy (non-hydrogen) atoms. The molecule has 2 rings (SSSR count). The SMILES string of the molecule is CN(CCCN=C(N)N1CCCCC1)Cc1ccccc1. The van der Waals surface area contributed by atoms with Crippen LogP contribution in [0.4, 0.5) is 0 Å². The molecule has 2 N–H and O–H groups in total. The zero-order chi connectivity index (χ0) is 14.9. The fourth-order valence-corrected chi connectivity index (χ4v) is 2.73. The molecular weight excluding hydrogens is 260 g/mol. The summed E-state index contributed by atoms with van der Waals surface area (Å²) < 4.78 is 0. The maximum atomic E-state index is 6.05. The summed E-state index contributed by atoms with van der Waals surface area (Å²) in [6.07, 6.45) is 4.87. The van der Waals surface area contributed by atoms with Crippen molar-refractivity contribution >= 4 is 5.96 Å². The minimum atomic E-state index is 0.736. The van der Waals surface area contributed by atoms with Gasteiger partial charge in [0, 0.05) is 26.2 Å². The highest BCUT2D eigenvalue weighted by Gasteiger charge is 2.11. The predicted octanol–water partition coefficient (Wildman–Crippen LogP) is 2.31. The molecule has 0 aliphatic carbocycles. The Kier molecular flexibility index (Phi) is 6.54. The molecule has 1 aliphatic rings. The van der Waals surface area contributed by atoms with Crippen molar-refractivity contribution < 1.29 is 0 Å². The number of likely N-dealkylation sites (tertiary alicyclic amines) is 1. The van der Waals surface area contributed by atoms with Gasteiger partial charge in [0.2, 0.25) is 0 Å². The summed E-state index contributed by atoms with van der Waals surface area (Å²) in [5, 5.41) is 0. The fourth-order valence-electron chi connectivity index (χ4n) is 2.73. The van der Waals surface area contributed by atoms with Crippen molar-refractivity contribution in [1.82, 2.24) is 9.80 Å². The Labute approximate surface area is 128 Å². The molecule has 1 aromatic carbocycles. The van der Waals surface area contributed by atoms with Crippen LogP contribution in [0.15, 0.2) is 35.3 Å². The molecule has 4 nitrogen and oxygen atoms in total. The zero-order valence-electron chi connectivity index (χ0n) is 13.2. The third-order valence-corrected chi connectivity index (χ3v) is 3.95. The van der Waals surface area contributed by atoms with Crippen LogP contribution in [0.1, 0.15) is 31.2 Å². The Bertz CT molecular complexity index is 424. The molecule has 116 valence electrons. The van der Waals surface area contributed by atoms with E-state index in [0.29, 0.717) is 0 Å². The van der Waals surface area contributed by atoms with Crippen molar-refractivity contribution in [2.24, 2.45) is 10.7 Å². The van der Waals surface area contributed by atoms with Gasteiger partial charge < -0.3 is 15.5 Å². The zero-order valence-corrected chi connectivity index (χ0v) is 13.2. The first-order chi connectivity index (χ1) is 10.3. The minimum absolute atomic E-state index is 0.736. The normalized spacial score (nSPS) is 16.5. The minimum Gasteiger partial charge on any atom is -0.370 e. The molecule has 1 aliphatic heterocycles. The smallest absolute Gasteiger partial charge is 0.191 e. The van der Waals surface area contributed by atoms with E-state index in [1.54, 1.807) is 0 Å². The van der Waals surface area contributed by atoms with E-state index < -0.39 is 0 Å². The van der Waals surface area contributed by atoms with Gasteiger partial charge in [0.15, 0.2) is 5.96 Å². The summed E-state index contributed by atoms with van der Waals surface area (Å²) >= 11 is 0. The summed E-state index contributed by atoms with van der Waals surface area (Å²) in [5.41, 5.74) is 7.41. The number of guanidine groups is 1. The van der Waals surface area contributed by atoms with E-state index in [2.05, 4.69) is 52.2 Å². The molecule has 0 bridgehead atoms. The van der Waals surface area contributed by atoms with E-state index in [1.165, 1.54) is 24.8 Å². The average Bonchev–Trinajstić information content (AvgIpc) is 2.53. The highest BCUT2D eigenvalue weighted by atomic mass is 15.2. The molecule has 1 heterocycles. The second kappa shape index (κ2) is 8.67. The lowest BCUT2D eigenvalue weighted by Crippen LogP contribution is -2.41. The first-order valence-corrected chi connectivity index (χ1v) is 8.03. The summed E-state index contributed by atoms with van der Waals surface area (Å²) in [5.74, 6) is 0.736. The van der Waals surface area contributed by atoms with Crippen LogP contribution in [0.25, 0.3) is 0 Å². The van der Waals surface area contributed by atoms with Crippen LogP contribution < -0.4 is 5.73 Å². The van der Waals surface area contributed by atoms with E-state index in [0.717, 1.165) is 45.1 Å². The van der Waals surface area contributed by atoms with Crippen molar-refractivity contribution in [3.05, 3.63) is 35.9 Å². The summed E-state index contributed by atoms with van der Waals surface area (Å²) in [4.78, 5) is 9.08. The molecule has 1 aromatic rings. The summed E-state index contributed by atoms with van der Waals surface area (Å²) in [7, 11) is 2.16. The van der Waals surface area contributed by atoms with E-state index in [9.17, 15) is 0 Å². The molecule has 0 atom stereocenters. The lowest BCUT2D eigenvalue weighted by molar-refractivity contribution is 0.322. The number of piperidine rings is 1. The molecule has 0 aromatic heterocycles. The van der Waals surface area contributed by atoms with E-state index >= 15 is 0 Å². The molecule has 0 spiro atoms. The number of rotatable bonds is 6. The molecule has 0 radical (unpaired) electrons. The lowest BCUT2D eigenvalue weighted by Gasteiger charge is -2.27. The maximum Gasteiger partial charge on any atom is 0.191 e. The maximum absolute atomic E-state index is 6.05. The van der Waals surface area contributed by atoms with Crippen LogP contribution in [-0.4, -0.2) is 49.0 Å². The van der Waals surface area contributed by atoms with Gasteiger partial charge in [0.1, 0.15) is 0 Å². The highest BCUT2D eigenvalue weighted by molar-refractivity contribution is 5.78. The van der Waals surface area contributed by atoms with Crippen molar-refractivity contribution in [2.45, 2.75) is 32.2 Å². The Balaban J connectivity index is 1.64. The monoisotopic (exact) mass is 288 g/mol. The number of nitrogens with zero attached hydrogens (tertiary/aromatic N) is 3. The Hall–Kier alpha value is -1.55. The number of hydrogen-bond acceptors (Lipinski definition) is 2. The van der Waals surface area contributed by atoms with Gasteiger partial charge in [0.05, 0.1) is 0 Å². The topological polar surface area (TPSA) is 44.9 Å². The summed E-state index contributed by atoms with van der Waals surface area (Å²) in [6.45, 7) is 5.01. The first-order valence-electron chi connectivity index (χ1n) is 8.03. The molecule has 0 unspecified atom stereocenters. The molecule has 1 fully saturated rings. The van der Waals surface area contributed by atoms with Crippen LogP contribution in [0.3, 0.4) is 0 Å². The molecule has 1 saturated heterocycles. The largest absolute Gasteiger partial charge is 0.370 e. The Morgan fingerprint density at radius 1 is 1.19 bits per heavy atom. The number of nitrogens with two attached hydrogens (primary N) is 1. The van der Waals surface area contributed by atoms with Crippen LogP contribution in [-0.2, 0) is 6.54 Å². The van der Waals surface area contributed by atoms with Crippen LogP contribution in [0.5, 0.6) is 0 Å². The summed E-state index contributed by atoms with van der Waals surface area (Å²) in [6, 6.07) is 10.6. The fraction of sp³-hybridized carbons (Fsp3) is 0.588. The van der Waals surface area contributed by atoms with Crippen LogP contribution in [0, 0.1) is 0 Å². The van der Waals surface area contributed by atoms with Crippen molar-refractivity contribution in [3.63, 3.8) is 0 Å². The van der Waals surface area contributed by atoms with E-state index in [-0.39, 0.29) is 0 Å². The van der Waals surface area contributed by atoms with Gasteiger partial charge in [-0.05, 0) is 44.8 Å². The first kappa shape index (κ1) is 15.8. The third-order valence-electron chi connectivity index (χ3n) is 3.95. The number of aliphatic imine (C=N–C) groups is 1. The average molecular weight is 288 g/mol. The third kappa shape index (κ3) is 5.76. The molecular formula is C17H28N4. The van der Waals surface area contributed by atoms with Gasteiger partial charge in [-0.1, -0.05) is 30.3 Å². The standard InChI is InChI=1S/C17H28N4/c1-20(15-16-9-4-2-5-10-16)12-8-11-19-17(18)21-13-6-3-7-14-21/h2,4-5,9-10H,3,6-8,11-15H2,1H3,(H2,18,19). The van der Waals surface area contributed by atoms with Crippen molar-refractivity contribution in [2.75, 3.05) is 33.2 Å². The van der Waals surface area contributed by atoms with Gasteiger partial charge in [-0.15, -0.1) is 0 Å². The van der Waals surface area contributed by atoms with Gasteiger partial charge in [-0.3, -0.25) is 4.99 Å². The Morgan fingerprint density at radius 3 is 2.62 bits per heavy atom. The van der Waals surface area contributed by atoms with Crippen LogP contribution >= 0.6 is 0 Å². The van der Waals surface area contributed by atoms with Crippen molar-refractivity contribution in [1.29, 1.82) is 0 Å². The lowest BCUT2D eigenvalue weighted by atomic mass is 10.1. The second-order valence-corrected chi connectivity index (χ2v) is 5.86. The number of hydrogen-bond donors (Lipinski definition) is 1. The van der Waals surface area contributed by atoms with Gasteiger partial charge in [0.25, 0.3) is 0 Å². The van der Waals surface area contributed by atoms with Crippen molar-refractivity contribution in [3.8, 4) is 0 Å². The quantitative estimate of drug-likeness (QED) is 0.496. The van der Waals surface area contributed by atoms with E-state index in [1.807, 2.05) is 0 Å². The van der Waals surface area contributed by atoms with Crippen LogP contribution in [0.2, 0.25) is 0 Å². The molecule has 4 heteroatoms. The number of benzene rings is 1. The van der Waals surface area contributed by atoms with E-state index in [4.69, 9.17) is 5.73 Å². The second-order valence-electron chi connectivity index (χ2n) is 5.86. The highest BCUT2D eigenvalue weighted by Crippen LogP contribution is 2.08. The van der Waals surface area contributed by atoms with Gasteiger partial charge >= 0.3 is 0 Å².